The number of rotatable bonds is 3. The van der Waals surface area contributed by atoms with Gasteiger partial charge in [0, 0.05) is 6.42 Å². The van der Waals surface area contributed by atoms with Crippen molar-refractivity contribution < 1.29 is 4.79 Å². The molecule has 0 saturated heterocycles. The van der Waals surface area contributed by atoms with Crippen LogP contribution in [0.4, 0.5) is 0 Å². The number of thiol groups is 1. The van der Waals surface area contributed by atoms with Crippen LogP contribution in [0.5, 0.6) is 0 Å². The van der Waals surface area contributed by atoms with Crippen molar-refractivity contribution in [3.63, 3.8) is 0 Å². The molecule has 2 heteroatoms. The lowest BCUT2D eigenvalue weighted by Crippen LogP contribution is -1.96. The van der Waals surface area contributed by atoms with Crippen molar-refractivity contribution in [1.82, 2.24) is 0 Å². The normalized spacial score (nSPS) is 13.4. The van der Waals surface area contributed by atoms with Gasteiger partial charge in [0.15, 0.2) is 5.12 Å². The Balaban J connectivity index is 3.24. The molecule has 0 amide bonds. The molecule has 1 nitrogen and oxygen atoms in total. The molecular weight excluding hydrogens is 120 g/mol. The molecule has 48 valence electrons. The Morgan fingerprint density at radius 2 is 2.25 bits per heavy atom. The van der Waals surface area contributed by atoms with E-state index in [-0.39, 0.29) is 5.12 Å². The van der Waals surface area contributed by atoms with Gasteiger partial charge in [-0.05, 0) is 5.92 Å². The smallest absolute Gasteiger partial charge is 0.186 e. The van der Waals surface area contributed by atoms with Crippen molar-refractivity contribution in [2.24, 2.45) is 5.92 Å². The summed E-state index contributed by atoms with van der Waals surface area (Å²) in [5, 5.41) is -0.000602. The fraction of sp³-hybridized carbons (Fsp3) is 0.833. The Hall–Kier alpha value is 0.0200. The summed E-state index contributed by atoms with van der Waals surface area (Å²) in [6.07, 6.45) is 1.67. The van der Waals surface area contributed by atoms with Crippen LogP contribution in [0.3, 0.4) is 0 Å². The van der Waals surface area contributed by atoms with Crippen molar-refractivity contribution in [2.75, 3.05) is 0 Å². The molecule has 0 aromatic carbocycles. The minimum absolute atomic E-state index is 0.000602. The third kappa shape index (κ3) is 4.19. The van der Waals surface area contributed by atoms with Crippen LogP contribution in [0.15, 0.2) is 0 Å². The maximum Gasteiger partial charge on any atom is 0.186 e. The first-order chi connectivity index (χ1) is 3.66. The molecule has 0 fully saturated rings. The van der Waals surface area contributed by atoms with Crippen LogP contribution in [0.2, 0.25) is 0 Å². The van der Waals surface area contributed by atoms with E-state index in [1.165, 1.54) is 0 Å². The van der Waals surface area contributed by atoms with Crippen molar-refractivity contribution in [3.05, 3.63) is 0 Å². The minimum Gasteiger partial charge on any atom is -0.287 e. The Kier molecular flexibility index (Phi) is 3.97. The van der Waals surface area contributed by atoms with E-state index < -0.39 is 0 Å². The highest BCUT2D eigenvalue weighted by Crippen LogP contribution is 2.07. The lowest BCUT2D eigenvalue weighted by molar-refractivity contribution is -0.111. The van der Waals surface area contributed by atoms with E-state index in [1.54, 1.807) is 0 Å². The van der Waals surface area contributed by atoms with E-state index in [2.05, 4.69) is 19.6 Å². The quantitative estimate of drug-likeness (QED) is 0.580. The van der Waals surface area contributed by atoms with Gasteiger partial charge >= 0.3 is 0 Å². The lowest BCUT2D eigenvalue weighted by atomic mass is 10.1. The van der Waals surface area contributed by atoms with Crippen LogP contribution in [0, 0.1) is 5.92 Å². The van der Waals surface area contributed by atoms with Gasteiger partial charge in [-0.15, -0.1) is 12.6 Å². The second-order valence-corrected chi connectivity index (χ2v) is 2.61. The molecule has 0 rings (SSSR count). The van der Waals surface area contributed by atoms with Gasteiger partial charge in [-0.25, -0.2) is 0 Å². The highest BCUT2D eigenvalue weighted by atomic mass is 32.1. The minimum atomic E-state index is -0.000602. The number of hydrogen-bond donors (Lipinski definition) is 1. The highest BCUT2D eigenvalue weighted by molar-refractivity contribution is 7.96. The third-order valence-corrected chi connectivity index (χ3v) is 1.40. The third-order valence-electron chi connectivity index (χ3n) is 1.22. The maximum atomic E-state index is 10.3. The molecule has 0 aromatic rings. The van der Waals surface area contributed by atoms with Gasteiger partial charge in [-0.3, -0.25) is 4.79 Å². The molecule has 0 aliphatic heterocycles. The lowest BCUT2D eigenvalue weighted by Gasteiger charge is -2.01. The van der Waals surface area contributed by atoms with Crippen LogP contribution < -0.4 is 0 Å². The van der Waals surface area contributed by atoms with E-state index in [4.69, 9.17) is 0 Å². The van der Waals surface area contributed by atoms with E-state index in [0.29, 0.717) is 12.3 Å². The second kappa shape index (κ2) is 3.96. The fourth-order valence-corrected chi connectivity index (χ4v) is 0.754. The molecule has 0 aromatic heterocycles. The fourth-order valence-electron chi connectivity index (χ4n) is 0.442. The Morgan fingerprint density at radius 3 is 2.38 bits per heavy atom. The summed E-state index contributed by atoms with van der Waals surface area (Å²) in [5.41, 5.74) is 0. The molecule has 1 unspecified atom stereocenters. The van der Waals surface area contributed by atoms with Crippen LogP contribution in [-0.2, 0) is 4.79 Å². The first-order valence-electron chi connectivity index (χ1n) is 2.88. The van der Waals surface area contributed by atoms with Crippen molar-refractivity contribution in [2.45, 2.75) is 26.7 Å². The monoisotopic (exact) mass is 132 g/mol. The molecule has 8 heavy (non-hydrogen) atoms. The number of carbonyl (C=O) groups excluding carboxylic acids is 1. The predicted octanol–water partition coefficient (Wildman–Crippen LogP) is 1.88. The second-order valence-electron chi connectivity index (χ2n) is 2.11. The zero-order valence-electron chi connectivity index (χ0n) is 5.35. The van der Waals surface area contributed by atoms with Crippen LogP contribution in [0.25, 0.3) is 0 Å². The molecule has 0 N–H and O–H groups in total. The Labute approximate surface area is 55.9 Å². The average molecular weight is 132 g/mol. The number of hydrogen-bond acceptors (Lipinski definition) is 1. The standard InChI is InChI=1S/C6H12OS/c1-3-5(2)4-6(7)8/h5H,3-4H2,1-2H3,(H,7,8). The zero-order valence-corrected chi connectivity index (χ0v) is 6.24. The summed E-state index contributed by atoms with van der Waals surface area (Å²) in [5.74, 6) is 0.500. The SMILES string of the molecule is CCC(C)CC(=O)S. The summed E-state index contributed by atoms with van der Waals surface area (Å²) in [6.45, 7) is 4.12. The molecule has 0 spiro atoms. The number of carbonyl (C=O) groups is 1. The first kappa shape index (κ1) is 8.02. The Morgan fingerprint density at radius 1 is 1.75 bits per heavy atom. The largest absolute Gasteiger partial charge is 0.287 e. The van der Waals surface area contributed by atoms with Gasteiger partial charge in [0.05, 0.1) is 0 Å². The average Bonchev–Trinajstić information content (AvgIpc) is 1.65. The summed E-state index contributed by atoms with van der Waals surface area (Å²) < 4.78 is 0. The molecule has 0 saturated carbocycles. The molecule has 0 heterocycles. The van der Waals surface area contributed by atoms with Crippen molar-refractivity contribution in [3.8, 4) is 0 Å². The summed E-state index contributed by atoms with van der Waals surface area (Å²) >= 11 is 3.65. The van der Waals surface area contributed by atoms with E-state index in [1.807, 2.05) is 6.92 Å². The molecule has 0 aliphatic carbocycles. The summed E-state index contributed by atoms with van der Waals surface area (Å²) in [4.78, 5) is 10.3. The molecule has 0 bridgehead atoms. The van der Waals surface area contributed by atoms with Gasteiger partial charge in [0.25, 0.3) is 0 Å². The van der Waals surface area contributed by atoms with Crippen molar-refractivity contribution in [1.29, 1.82) is 0 Å². The van der Waals surface area contributed by atoms with Crippen molar-refractivity contribution >= 4 is 17.7 Å². The molecule has 1 atom stereocenters. The van der Waals surface area contributed by atoms with Gasteiger partial charge in [-0.1, -0.05) is 20.3 Å². The topological polar surface area (TPSA) is 17.1 Å². The van der Waals surface area contributed by atoms with Gasteiger partial charge in [0.2, 0.25) is 0 Å². The first-order valence-corrected chi connectivity index (χ1v) is 3.33. The summed E-state index contributed by atoms with van der Waals surface area (Å²) in [7, 11) is 0. The molecule has 0 radical (unpaired) electrons. The van der Waals surface area contributed by atoms with E-state index >= 15 is 0 Å². The Bertz CT molecular complexity index is 80.6. The van der Waals surface area contributed by atoms with E-state index in [0.717, 1.165) is 6.42 Å². The molecular formula is C6H12OS. The van der Waals surface area contributed by atoms with Gasteiger partial charge < -0.3 is 0 Å². The highest BCUT2D eigenvalue weighted by Gasteiger charge is 2.00. The van der Waals surface area contributed by atoms with Gasteiger partial charge in [0.1, 0.15) is 0 Å². The molecule has 0 aliphatic rings. The van der Waals surface area contributed by atoms with Crippen LogP contribution in [-0.4, -0.2) is 5.12 Å². The van der Waals surface area contributed by atoms with Crippen LogP contribution in [0.1, 0.15) is 26.7 Å². The van der Waals surface area contributed by atoms with E-state index in [9.17, 15) is 4.79 Å². The summed E-state index contributed by atoms with van der Waals surface area (Å²) in [6, 6.07) is 0. The van der Waals surface area contributed by atoms with Gasteiger partial charge in [-0.2, -0.15) is 0 Å². The van der Waals surface area contributed by atoms with Crippen LogP contribution >= 0.6 is 12.6 Å². The predicted molar refractivity (Wildman–Crippen MR) is 38.1 cm³/mol. The zero-order chi connectivity index (χ0) is 6.57. The maximum absolute atomic E-state index is 10.3.